The summed E-state index contributed by atoms with van der Waals surface area (Å²) in [5.41, 5.74) is 0.194. The fourth-order valence-corrected chi connectivity index (χ4v) is 2.65. The van der Waals surface area contributed by atoms with E-state index in [9.17, 15) is 9.59 Å². The maximum absolute atomic E-state index is 12.7. The molecule has 128 valence electrons. The Morgan fingerprint density at radius 3 is 2.36 bits per heavy atom. The van der Waals surface area contributed by atoms with Crippen LogP contribution in [-0.2, 0) is 10.3 Å². The topological polar surface area (TPSA) is 71.0 Å². The van der Waals surface area contributed by atoms with Gasteiger partial charge in [-0.25, -0.2) is 4.79 Å². The van der Waals surface area contributed by atoms with Crippen LogP contribution in [0.4, 0.5) is 4.79 Å². The fourth-order valence-electron chi connectivity index (χ4n) is 2.52. The van der Waals surface area contributed by atoms with E-state index in [1.807, 2.05) is 0 Å². The van der Waals surface area contributed by atoms with Gasteiger partial charge in [-0.1, -0.05) is 35.9 Å². The fraction of sp³-hybridized carbons (Fsp3) is 0.167. The number of hydrazone groups is 1. The van der Waals surface area contributed by atoms with Crippen molar-refractivity contribution in [3.8, 4) is 5.75 Å². The van der Waals surface area contributed by atoms with E-state index in [2.05, 4.69) is 10.4 Å². The van der Waals surface area contributed by atoms with Gasteiger partial charge in [-0.2, -0.15) is 5.10 Å². The summed E-state index contributed by atoms with van der Waals surface area (Å²) in [5, 5.41) is 8.14. The number of hydrogen-bond donors (Lipinski definition) is 1. The Morgan fingerprint density at radius 1 is 1.12 bits per heavy atom. The van der Waals surface area contributed by atoms with Crippen LogP contribution >= 0.6 is 11.6 Å². The lowest BCUT2D eigenvalue weighted by Gasteiger charge is -2.21. The van der Waals surface area contributed by atoms with Crippen molar-refractivity contribution in [3.63, 3.8) is 0 Å². The number of hydrogen-bond acceptors (Lipinski definition) is 4. The first-order valence-corrected chi connectivity index (χ1v) is 7.92. The first-order chi connectivity index (χ1) is 11.9. The molecule has 1 heterocycles. The molecule has 1 N–H and O–H groups in total. The maximum Gasteiger partial charge on any atom is 0.346 e. The zero-order valence-electron chi connectivity index (χ0n) is 13.7. The molecular formula is C18H16ClN3O3. The second kappa shape index (κ2) is 6.57. The standard InChI is InChI=1S/C18H16ClN3O3/c1-18(13-5-9-15(25-2)10-6-13)16(23)22(17(24)21-18)20-11-12-3-7-14(19)8-4-12/h3-11H,1-2H3,(H,21,24)/b20-11-/t18-/m0/s1. The Morgan fingerprint density at radius 2 is 1.76 bits per heavy atom. The number of amides is 3. The normalized spacial score (nSPS) is 20.2. The van der Waals surface area contributed by atoms with Crippen LogP contribution in [0.25, 0.3) is 0 Å². The van der Waals surface area contributed by atoms with Crippen LogP contribution in [0.5, 0.6) is 5.75 Å². The van der Waals surface area contributed by atoms with Gasteiger partial charge in [-0.05, 0) is 42.3 Å². The van der Waals surface area contributed by atoms with Crippen molar-refractivity contribution in [1.29, 1.82) is 0 Å². The Labute approximate surface area is 150 Å². The molecule has 2 aromatic carbocycles. The summed E-state index contributed by atoms with van der Waals surface area (Å²) in [4.78, 5) is 25.0. The SMILES string of the molecule is COc1ccc([C@]2(C)NC(=O)N(/N=C\c3ccc(Cl)cc3)C2=O)cc1. The summed E-state index contributed by atoms with van der Waals surface area (Å²) >= 11 is 5.83. The maximum atomic E-state index is 12.7. The zero-order chi connectivity index (χ0) is 18.0. The van der Waals surface area contributed by atoms with Crippen LogP contribution in [0.3, 0.4) is 0 Å². The van der Waals surface area contributed by atoms with Crippen molar-refractivity contribution in [1.82, 2.24) is 10.3 Å². The number of halogens is 1. The van der Waals surface area contributed by atoms with Crippen molar-refractivity contribution in [3.05, 3.63) is 64.7 Å². The van der Waals surface area contributed by atoms with E-state index in [1.54, 1.807) is 62.6 Å². The largest absolute Gasteiger partial charge is 0.497 e. The minimum Gasteiger partial charge on any atom is -0.497 e. The van der Waals surface area contributed by atoms with Crippen LogP contribution in [-0.4, -0.2) is 30.3 Å². The number of imide groups is 1. The second-order valence-corrected chi connectivity index (χ2v) is 6.13. The highest BCUT2D eigenvalue weighted by molar-refractivity contribution is 6.30. The highest BCUT2D eigenvalue weighted by Gasteiger charge is 2.49. The molecule has 1 fully saturated rings. The molecule has 25 heavy (non-hydrogen) atoms. The predicted octanol–water partition coefficient (Wildman–Crippen LogP) is 3.15. The molecule has 0 radical (unpaired) electrons. The number of nitrogens with zero attached hydrogens (tertiary/aromatic N) is 2. The van der Waals surface area contributed by atoms with Crippen LogP contribution in [0.15, 0.2) is 53.6 Å². The van der Waals surface area contributed by atoms with E-state index < -0.39 is 17.5 Å². The third kappa shape index (κ3) is 3.21. The molecule has 3 amide bonds. The molecule has 0 bridgehead atoms. The van der Waals surface area contributed by atoms with Gasteiger partial charge in [0, 0.05) is 5.02 Å². The first-order valence-electron chi connectivity index (χ1n) is 7.55. The van der Waals surface area contributed by atoms with Crippen molar-refractivity contribution in [2.24, 2.45) is 5.10 Å². The highest BCUT2D eigenvalue weighted by Crippen LogP contribution is 2.30. The smallest absolute Gasteiger partial charge is 0.346 e. The summed E-state index contributed by atoms with van der Waals surface area (Å²) in [7, 11) is 1.56. The first kappa shape index (κ1) is 17.0. The van der Waals surface area contributed by atoms with Gasteiger partial charge in [0.1, 0.15) is 11.3 Å². The van der Waals surface area contributed by atoms with Crippen molar-refractivity contribution in [2.75, 3.05) is 7.11 Å². The van der Waals surface area contributed by atoms with Gasteiger partial charge < -0.3 is 10.1 Å². The Balaban J connectivity index is 1.84. The van der Waals surface area contributed by atoms with E-state index in [0.29, 0.717) is 16.3 Å². The number of carbonyl (C=O) groups is 2. The molecule has 1 saturated heterocycles. The lowest BCUT2D eigenvalue weighted by molar-refractivity contribution is -0.131. The lowest BCUT2D eigenvalue weighted by Crippen LogP contribution is -2.40. The van der Waals surface area contributed by atoms with E-state index >= 15 is 0 Å². The average molecular weight is 358 g/mol. The molecule has 0 unspecified atom stereocenters. The quantitative estimate of drug-likeness (QED) is 0.675. The molecule has 1 aliphatic heterocycles. The molecular weight excluding hydrogens is 342 g/mol. The molecule has 7 heteroatoms. The number of urea groups is 1. The predicted molar refractivity (Wildman–Crippen MR) is 94.8 cm³/mol. The molecule has 6 nitrogen and oxygen atoms in total. The summed E-state index contributed by atoms with van der Waals surface area (Å²) < 4.78 is 5.11. The minimum atomic E-state index is -1.18. The van der Waals surface area contributed by atoms with Gasteiger partial charge in [0.15, 0.2) is 0 Å². The van der Waals surface area contributed by atoms with Crippen LogP contribution in [0.2, 0.25) is 5.02 Å². The van der Waals surface area contributed by atoms with Crippen molar-refractivity contribution < 1.29 is 14.3 Å². The van der Waals surface area contributed by atoms with E-state index in [0.717, 1.165) is 10.6 Å². The van der Waals surface area contributed by atoms with E-state index in [4.69, 9.17) is 16.3 Å². The number of nitrogens with one attached hydrogen (secondary N) is 1. The Kier molecular flexibility index (Phi) is 4.46. The molecule has 1 aliphatic rings. The van der Waals surface area contributed by atoms with Gasteiger partial charge >= 0.3 is 6.03 Å². The van der Waals surface area contributed by atoms with Crippen molar-refractivity contribution in [2.45, 2.75) is 12.5 Å². The highest BCUT2D eigenvalue weighted by atomic mass is 35.5. The Bertz CT molecular complexity index is 834. The third-order valence-corrected chi connectivity index (χ3v) is 4.28. The van der Waals surface area contributed by atoms with Gasteiger partial charge in [0.05, 0.1) is 13.3 Å². The molecule has 1 atom stereocenters. The third-order valence-electron chi connectivity index (χ3n) is 4.03. The molecule has 0 spiro atoms. The molecule has 0 aromatic heterocycles. The zero-order valence-corrected chi connectivity index (χ0v) is 14.4. The molecule has 0 aliphatic carbocycles. The van der Waals surface area contributed by atoms with Gasteiger partial charge in [-0.15, -0.1) is 5.01 Å². The summed E-state index contributed by atoms with van der Waals surface area (Å²) in [6.07, 6.45) is 1.44. The van der Waals surface area contributed by atoms with Crippen LogP contribution in [0.1, 0.15) is 18.1 Å². The average Bonchev–Trinajstić information content (AvgIpc) is 2.84. The van der Waals surface area contributed by atoms with E-state index in [-0.39, 0.29) is 0 Å². The van der Waals surface area contributed by atoms with Gasteiger partial charge in [0.2, 0.25) is 0 Å². The molecule has 3 rings (SSSR count). The van der Waals surface area contributed by atoms with Crippen LogP contribution < -0.4 is 10.1 Å². The lowest BCUT2D eigenvalue weighted by atomic mass is 9.92. The second-order valence-electron chi connectivity index (χ2n) is 5.70. The summed E-state index contributed by atoms with van der Waals surface area (Å²) in [5.74, 6) is 0.217. The molecule has 2 aromatic rings. The number of benzene rings is 2. The number of methoxy groups -OCH3 is 1. The summed E-state index contributed by atoms with van der Waals surface area (Å²) in [6, 6.07) is 13.3. The number of rotatable bonds is 4. The summed E-state index contributed by atoms with van der Waals surface area (Å²) in [6.45, 7) is 1.65. The van der Waals surface area contributed by atoms with Crippen molar-refractivity contribution >= 4 is 29.8 Å². The van der Waals surface area contributed by atoms with Gasteiger partial charge in [-0.3, -0.25) is 4.79 Å². The Hall–Kier alpha value is -2.86. The van der Waals surface area contributed by atoms with E-state index in [1.165, 1.54) is 6.21 Å². The van der Waals surface area contributed by atoms with Crippen LogP contribution in [0, 0.1) is 0 Å². The monoisotopic (exact) mass is 357 g/mol. The number of carbonyl (C=O) groups excluding carboxylic acids is 2. The minimum absolute atomic E-state index is 0.451. The van der Waals surface area contributed by atoms with Gasteiger partial charge in [0.25, 0.3) is 5.91 Å². The number of ether oxygens (including phenoxy) is 1. The molecule has 0 saturated carbocycles.